The summed E-state index contributed by atoms with van der Waals surface area (Å²) >= 11 is 0. The Balaban J connectivity index is 2.96. The van der Waals surface area contributed by atoms with Crippen LogP contribution in [0, 0.1) is 0 Å². The first-order chi connectivity index (χ1) is 9.76. The molecule has 1 aromatic rings. The van der Waals surface area contributed by atoms with Gasteiger partial charge in [0.2, 0.25) is 5.75 Å². The van der Waals surface area contributed by atoms with Gasteiger partial charge in [-0.25, -0.2) is 0 Å². The molecule has 0 aromatic heterocycles. The van der Waals surface area contributed by atoms with Crippen LogP contribution in [-0.2, 0) is 0 Å². The summed E-state index contributed by atoms with van der Waals surface area (Å²) in [5.74, 6) is 1.70. The Hall–Kier alpha value is -1.71. The number of unbranched alkanes of at least 4 members (excludes halogenated alkanes) is 2. The molecule has 0 aliphatic rings. The average Bonchev–Trinajstić information content (AvgIpc) is 2.48. The normalized spacial score (nSPS) is 10.2. The van der Waals surface area contributed by atoms with Gasteiger partial charge in [0, 0.05) is 5.56 Å². The molecule has 0 N–H and O–H groups in total. The number of aldehydes is 1. The number of methoxy groups -OCH3 is 1. The van der Waals surface area contributed by atoms with Crippen LogP contribution in [0.4, 0.5) is 0 Å². The number of rotatable bonds is 10. The van der Waals surface area contributed by atoms with Crippen LogP contribution in [0.25, 0.3) is 0 Å². The van der Waals surface area contributed by atoms with Crippen LogP contribution in [0.5, 0.6) is 17.2 Å². The Kier molecular flexibility index (Phi) is 7.55. The fourth-order valence-electron chi connectivity index (χ4n) is 1.71. The monoisotopic (exact) mass is 280 g/mol. The van der Waals surface area contributed by atoms with Crippen molar-refractivity contribution in [3.05, 3.63) is 17.7 Å². The highest BCUT2D eigenvalue weighted by Crippen LogP contribution is 2.38. The minimum Gasteiger partial charge on any atom is -0.493 e. The highest BCUT2D eigenvalue weighted by atomic mass is 16.5. The van der Waals surface area contributed by atoms with Crippen molar-refractivity contribution >= 4 is 6.29 Å². The van der Waals surface area contributed by atoms with Gasteiger partial charge in [-0.15, -0.1) is 0 Å². The summed E-state index contributed by atoms with van der Waals surface area (Å²) in [5.41, 5.74) is 0.524. The molecule has 0 bridgehead atoms. The van der Waals surface area contributed by atoms with Gasteiger partial charge in [-0.3, -0.25) is 4.79 Å². The molecule has 1 aromatic carbocycles. The lowest BCUT2D eigenvalue weighted by Crippen LogP contribution is -2.04. The first kappa shape index (κ1) is 16.3. The summed E-state index contributed by atoms with van der Waals surface area (Å²) in [4.78, 5) is 11.0. The molecule has 0 atom stereocenters. The lowest BCUT2D eigenvalue weighted by Gasteiger charge is -2.16. The third-order valence-corrected chi connectivity index (χ3v) is 2.90. The topological polar surface area (TPSA) is 44.8 Å². The predicted molar refractivity (Wildman–Crippen MR) is 79.2 cm³/mol. The second kappa shape index (κ2) is 9.23. The molecule has 1 rings (SSSR count). The van der Waals surface area contributed by atoms with Crippen molar-refractivity contribution < 1.29 is 19.0 Å². The van der Waals surface area contributed by atoms with Crippen LogP contribution in [0.15, 0.2) is 12.1 Å². The van der Waals surface area contributed by atoms with E-state index >= 15 is 0 Å². The molecule has 0 fully saturated rings. The largest absolute Gasteiger partial charge is 0.493 e. The molecule has 0 radical (unpaired) electrons. The molecule has 0 aliphatic heterocycles. The number of carbonyl (C=O) groups excluding carboxylic acids is 1. The molecule has 0 heterocycles. The van der Waals surface area contributed by atoms with Gasteiger partial charge >= 0.3 is 0 Å². The van der Waals surface area contributed by atoms with Crippen molar-refractivity contribution in [2.45, 2.75) is 39.5 Å². The Bertz CT molecular complexity index is 415. The van der Waals surface area contributed by atoms with Gasteiger partial charge in [-0.2, -0.15) is 0 Å². The van der Waals surface area contributed by atoms with E-state index in [1.54, 1.807) is 19.2 Å². The summed E-state index contributed by atoms with van der Waals surface area (Å²) in [7, 11) is 1.56. The number of benzene rings is 1. The Morgan fingerprint density at radius 3 is 2.15 bits per heavy atom. The van der Waals surface area contributed by atoms with E-state index in [1.807, 2.05) is 0 Å². The van der Waals surface area contributed by atoms with E-state index in [0.29, 0.717) is 36.0 Å². The lowest BCUT2D eigenvalue weighted by atomic mass is 10.2. The Morgan fingerprint density at radius 2 is 1.60 bits per heavy atom. The van der Waals surface area contributed by atoms with Gasteiger partial charge in [-0.05, 0) is 25.0 Å². The van der Waals surface area contributed by atoms with Crippen molar-refractivity contribution in [3.8, 4) is 17.2 Å². The fourth-order valence-corrected chi connectivity index (χ4v) is 1.71. The van der Waals surface area contributed by atoms with Gasteiger partial charge in [0.15, 0.2) is 11.5 Å². The molecular formula is C16H24O4. The second-order valence-corrected chi connectivity index (χ2v) is 4.57. The first-order valence-corrected chi connectivity index (χ1v) is 7.19. The zero-order chi connectivity index (χ0) is 14.8. The van der Waals surface area contributed by atoms with Crippen LogP contribution in [0.2, 0.25) is 0 Å². The van der Waals surface area contributed by atoms with Crippen molar-refractivity contribution in [3.63, 3.8) is 0 Å². The molecule has 4 heteroatoms. The van der Waals surface area contributed by atoms with Crippen LogP contribution in [0.1, 0.15) is 49.9 Å². The maximum atomic E-state index is 11.0. The molecule has 4 nitrogen and oxygen atoms in total. The SMILES string of the molecule is CCCCOc1cc(C=O)cc(OC)c1OCCCC. The summed E-state index contributed by atoms with van der Waals surface area (Å²) in [6.45, 7) is 5.42. The molecule has 0 aliphatic carbocycles. The lowest BCUT2D eigenvalue weighted by molar-refractivity contribution is 0.112. The highest BCUT2D eigenvalue weighted by Gasteiger charge is 2.14. The zero-order valence-corrected chi connectivity index (χ0v) is 12.6. The highest BCUT2D eigenvalue weighted by molar-refractivity contribution is 5.78. The van der Waals surface area contributed by atoms with E-state index in [4.69, 9.17) is 14.2 Å². The Labute approximate surface area is 121 Å². The van der Waals surface area contributed by atoms with Crippen LogP contribution in [0.3, 0.4) is 0 Å². The van der Waals surface area contributed by atoms with Crippen molar-refractivity contribution in [2.75, 3.05) is 20.3 Å². The molecule has 112 valence electrons. The van der Waals surface area contributed by atoms with Crippen LogP contribution in [-0.4, -0.2) is 26.6 Å². The number of carbonyl (C=O) groups is 1. The summed E-state index contributed by atoms with van der Waals surface area (Å²) in [6, 6.07) is 3.37. The quantitative estimate of drug-likeness (QED) is 0.482. The van der Waals surface area contributed by atoms with Gasteiger partial charge in [0.05, 0.1) is 20.3 Å². The van der Waals surface area contributed by atoms with Gasteiger partial charge in [0.25, 0.3) is 0 Å². The van der Waals surface area contributed by atoms with Crippen LogP contribution < -0.4 is 14.2 Å². The predicted octanol–water partition coefficient (Wildman–Crippen LogP) is 3.87. The van der Waals surface area contributed by atoms with E-state index in [2.05, 4.69) is 13.8 Å². The maximum Gasteiger partial charge on any atom is 0.203 e. The van der Waals surface area contributed by atoms with E-state index in [1.165, 1.54) is 0 Å². The maximum absolute atomic E-state index is 11.0. The smallest absolute Gasteiger partial charge is 0.203 e. The third kappa shape index (κ3) is 4.76. The zero-order valence-electron chi connectivity index (χ0n) is 12.6. The average molecular weight is 280 g/mol. The molecule has 20 heavy (non-hydrogen) atoms. The first-order valence-electron chi connectivity index (χ1n) is 7.19. The minimum absolute atomic E-state index is 0.524. The molecule has 0 saturated heterocycles. The van der Waals surface area contributed by atoms with E-state index in [-0.39, 0.29) is 0 Å². The molecule has 0 spiro atoms. The minimum atomic E-state index is 0.524. The van der Waals surface area contributed by atoms with Gasteiger partial charge in [0.1, 0.15) is 6.29 Å². The van der Waals surface area contributed by atoms with Crippen molar-refractivity contribution in [1.82, 2.24) is 0 Å². The third-order valence-electron chi connectivity index (χ3n) is 2.90. The fraction of sp³-hybridized carbons (Fsp3) is 0.562. The van der Waals surface area contributed by atoms with Crippen molar-refractivity contribution in [1.29, 1.82) is 0 Å². The number of hydrogen-bond donors (Lipinski definition) is 0. The van der Waals surface area contributed by atoms with E-state index in [0.717, 1.165) is 32.0 Å². The molecule has 0 saturated carbocycles. The second-order valence-electron chi connectivity index (χ2n) is 4.57. The van der Waals surface area contributed by atoms with Crippen LogP contribution >= 0.6 is 0 Å². The molecular weight excluding hydrogens is 256 g/mol. The summed E-state index contributed by atoms with van der Waals surface area (Å²) < 4.78 is 16.8. The standard InChI is InChI=1S/C16H24O4/c1-4-6-8-19-15-11-13(12-17)10-14(18-3)16(15)20-9-7-5-2/h10-12H,4-9H2,1-3H3. The number of ether oxygens (including phenoxy) is 3. The van der Waals surface area contributed by atoms with Gasteiger partial charge in [-0.1, -0.05) is 26.7 Å². The van der Waals surface area contributed by atoms with E-state index in [9.17, 15) is 4.79 Å². The van der Waals surface area contributed by atoms with Crippen molar-refractivity contribution in [2.24, 2.45) is 0 Å². The summed E-state index contributed by atoms with van der Waals surface area (Å²) in [6.07, 6.45) is 4.82. The number of hydrogen-bond acceptors (Lipinski definition) is 4. The Morgan fingerprint density at radius 1 is 1.00 bits per heavy atom. The summed E-state index contributed by atoms with van der Waals surface area (Å²) in [5, 5.41) is 0. The molecule has 0 unspecified atom stereocenters. The van der Waals surface area contributed by atoms with E-state index < -0.39 is 0 Å². The van der Waals surface area contributed by atoms with Gasteiger partial charge < -0.3 is 14.2 Å². The molecule has 0 amide bonds.